The molecule has 5 rings (SSSR count). The Bertz CT molecular complexity index is 559. The van der Waals surface area contributed by atoms with Gasteiger partial charge < -0.3 is 19.0 Å². The molecule has 5 heterocycles. The molecule has 0 unspecified atom stereocenters. The first kappa shape index (κ1) is 20.2. The summed E-state index contributed by atoms with van der Waals surface area (Å²) < 4.78 is 14.9. The van der Waals surface area contributed by atoms with Gasteiger partial charge in [-0.3, -0.25) is 9.69 Å². The van der Waals surface area contributed by atoms with Crippen LogP contribution in [0.2, 0.25) is 0 Å². The van der Waals surface area contributed by atoms with Gasteiger partial charge in [0, 0.05) is 26.3 Å². The summed E-state index contributed by atoms with van der Waals surface area (Å²) in [4.78, 5) is 37.1. The molecule has 5 aliphatic heterocycles. The molecule has 5 aliphatic rings. The van der Waals surface area contributed by atoms with Crippen LogP contribution in [0.5, 0.6) is 0 Å². The van der Waals surface area contributed by atoms with Crippen LogP contribution in [0, 0.1) is 0 Å². The molecule has 0 aliphatic carbocycles. The van der Waals surface area contributed by atoms with Gasteiger partial charge in [-0.05, 0) is 52.4 Å². The van der Waals surface area contributed by atoms with Crippen molar-refractivity contribution in [3.05, 3.63) is 0 Å². The first-order valence-electron chi connectivity index (χ1n) is 9.98. The lowest BCUT2D eigenvalue weighted by molar-refractivity contribution is -0.146. The van der Waals surface area contributed by atoms with E-state index < -0.39 is 5.54 Å². The standard InChI is InChI=1S/C8H11NO3.C7H11NO2.C4H8O/c1-6-9-4-2-3-8(9,5-10)7(11)12-6;1-5-8-4-2-3-6(8)7(9)10-5;1-2-4-5-3-1/h5-6H,2-4H2,1H3;5-6H,2-4H2,1H3;1-4H2/t6-,8-;5-,6+;/m11./s1. The molecule has 0 amide bonds. The smallest absolute Gasteiger partial charge is 0.335 e. The van der Waals surface area contributed by atoms with Gasteiger partial charge in [-0.1, -0.05) is 0 Å². The van der Waals surface area contributed by atoms with Gasteiger partial charge >= 0.3 is 11.9 Å². The number of hydrogen-bond acceptors (Lipinski definition) is 8. The van der Waals surface area contributed by atoms with Crippen molar-refractivity contribution in [2.24, 2.45) is 0 Å². The lowest BCUT2D eigenvalue weighted by Crippen LogP contribution is -2.46. The Labute approximate surface area is 160 Å². The van der Waals surface area contributed by atoms with E-state index >= 15 is 0 Å². The highest BCUT2D eigenvalue weighted by Gasteiger charge is 2.56. The Morgan fingerprint density at radius 2 is 1.74 bits per heavy atom. The Morgan fingerprint density at radius 3 is 2.30 bits per heavy atom. The minimum atomic E-state index is -0.931. The number of nitrogens with zero attached hydrogens (tertiary/aromatic N) is 2. The van der Waals surface area contributed by atoms with Crippen molar-refractivity contribution in [1.29, 1.82) is 0 Å². The molecule has 0 spiro atoms. The fourth-order valence-electron chi connectivity index (χ4n) is 4.38. The average molecular weight is 382 g/mol. The van der Waals surface area contributed by atoms with Crippen LogP contribution >= 0.6 is 0 Å². The maximum Gasteiger partial charge on any atom is 0.335 e. The van der Waals surface area contributed by atoms with Gasteiger partial charge in [-0.15, -0.1) is 0 Å². The van der Waals surface area contributed by atoms with Gasteiger partial charge in [0.25, 0.3) is 0 Å². The summed E-state index contributed by atoms with van der Waals surface area (Å²) in [7, 11) is 0. The molecule has 0 aromatic heterocycles. The molecule has 152 valence electrons. The average Bonchev–Trinajstić information content (AvgIpc) is 3.46. The Kier molecular flexibility index (Phi) is 6.49. The van der Waals surface area contributed by atoms with E-state index in [9.17, 15) is 14.4 Å². The van der Waals surface area contributed by atoms with E-state index in [1.807, 2.05) is 11.8 Å². The third-order valence-corrected chi connectivity index (χ3v) is 5.88. The number of aldehydes is 1. The van der Waals surface area contributed by atoms with Gasteiger partial charge in [0.05, 0.1) is 0 Å². The molecule has 0 aromatic carbocycles. The second-order valence-electron chi connectivity index (χ2n) is 7.60. The van der Waals surface area contributed by atoms with Gasteiger partial charge in [-0.2, -0.15) is 0 Å². The summed E-state index contributed by atoms with van der Waals surface area (Å²) in [6.07, 6.45) is 6.72. The summed E-state index contributed by atoms with van der Waals surface area (Å²) in [5.74, 6) is -0.396. The van der Waals surface area contributed by atoms with Crippen molar-refractivity contribution in [2.45, 2.75) is 76.4 Å². The monoisotopic (exact) mass is 382 g/mol. The van der Waals surface area contributed by atoms with E-state index in [1.54, 1.807) is 6.92 Å². The number of rotatable bonds is 1. The van der Waals surface area contributed by atoms with Gasteiger partial charge in [0.2, 0.25) is 0 Å². The van der Waals surface area contributed by atoms with Crippen LogP contribution in [0.1, 0.15) is 52.4 Å². The first-order valence-corrected chi connectivity index (χ1v) is 9.98. The van der Waals surface area contributed by atoms with E-state index in [4.69, 9.17) is 14.2 Å². The van der Waals surface area contributed by atoms with E-state index in [0.717, 1.165) is 51.9 Å². The van der Waals surface area contributed by atoms with Crippen molar-refractivity contribution in [1.82, 2.24) is 9.80 Å². The number of hydrogen-bond donors (Lipinski definition) is 0. The zero-order valence-corrected chi connectivity index (χ0v) is 16.2. The number of esters is 2. The quantitative estimate of drug-likeness (QED) is 0.378. The van der Waals surface area contributed by atoms with Crippen LogP contribution in [0.15, 0.2) is 0 Å². The fraction of sp³-hybridized carbons (Fsp3) is 0.842. The van der Waals surface area contributed by atoms with E-state index in [1.165, 1.54) is 12.8 Å². The van der Waals surface area contributed by atoms with E-state index in [2.05, 4.69) is 4.90 Å². The van der Waals surface area contributed by atoms with Crippen LogP contribution in [0.4, 0.5) is 0 Å². The zero-order chi connectivity index (χ0) is 19.4. The summed E-state index contributed by atoms with van der Waals surface area (Å²) in [6, 6.07) is 0.0926. The van der Waals surface area contributed by atoms with Crippen molar-refractivity contribution in [3.63, 3.8) is 0 Å². The number of ether oxygens (including phenoxy) is 3. The van der Waals surface area contributed by atoms with Crippen LogP contribution in [0.3, 0.4) is 0 Å². The molecule has 8 heteroatoms. The summed E-state index contributed by atoms with van der Waals surface area (Å²) in [5.41, 5.74) is -0.931. The number of cyclic esters (lactones) is 2. The second-order valence-corrected chi connectivity index (χ2v) is 7.60. The van der Waals surface area contributed by atoms with Crippen LogP contribution < -0.4 is 0 Å². The highest BCUT2D eigenvalue weighted by Crippen LogP contribution is 2.36. The largest absolute Gasteiger partial charge is 0.445 e. The third-order valence-electron chi connectivity index (χ3n) is 5.88. The van der Waals surface area contributed by atoms with Crippen molar-refractivity contribution < 1.29 is 28.6 Å². The Balaban J connectivity index is 0.000000126. The second kappa shape index (κ2) is 8.67. The van der Waals surface area contributed by atoms with E-state index in [-0.39, 0.29) is 30.4 Å². The summed E-state index contributed by atoms with van der Waals surface area (Å²) in [6.45, 7) is 7.54. The summed E-state index contributed by atoms with van der Waals surface area (Å²) >= 11 is 0. The normalized spacial score (nSPS) is 37.5. The van der Waals surface area contributed by atoms with Crippen LogP contribution in [-0.4, -0.2) is 78.4 Å². The SMILES string of the molecule is C1CCOC1.C[C@H]1OC(=O)[C@@H]2CCCN12.C[C@H]1OC(=O)[C@]2(C=O)CCCN12. The predicted molar refractivity (Wildman–Crippen MR) is 95.6 cm³/mol. The number of carbonyl (C=O) groups excluding carboxylic acids is 3. The van der Waals surface area contributed by atoms with Gasteiger partial charge in [0.1, 0.15) is 6.04 Å². The third kappa shape index (κ3) is 4.02. The molecule has 0 N–H and O–H groups in total. The molecular weight excluding hydrogens is 352 g/mol. The minimum Gasteiger partial charge on any atom is -0.445 e. The molecule has 8 nitrogen and oxygen atoms in total. The van der Waals surface area contributed by atoms with Crippen LogP contribution in [0.25, 0.3) is 0 Å². The maximum absolute atomic E-state index is 11.3. The highest BCUT2D eigenvalue weighted by molar-refractivity contribution is 6.00. The molecule has 0 aromatic rings. The van der Waals surface area contributed by atoms with Gasteiger partial charge in [0.15, 0.2) is 24.3 Å². The highest BCUT2D eigenvalue weighted by atomic mass is 16.6. The lowest BCUT2D eigenvalue weighted by atomic mass is 10.00. The van der Waals surface area contributed by atoms with Crippen molar-refractivity contribution in [2.75, 3.05) is 26.3 Å². The van der Waals surface area contributed by atoms with E-state index in [0.29, 0.717) is 6.42 Å². The molecule has 5 saturated heterocycles. The molecule has 4 atom stereocenters. The maximum atomic E-state index is 11.3. The number of carbonyl (C=O) groups is 3. The Morgan fingerprint density at radius 1 is 1.00 bits per heavy atom. The Hall–Kier alpha value is -1.51. The molecule has 27 heavy (non-hydrogen) atoms. The fourth-order valence-corrected chi connectivity index (χ4v) is 4.38. The zero-order valence-electron chi connectivity index (χ0n) is 16.2. The lowest BCUT2D eigenvalue weighted by Gasteiger charge is -2.21. The predicted octanol–water partition coefficient (Wildman–Crippen LogP) is 1.07. The van der Waals surface area contributed by atoms with Gasteiger partial charge in [-0.25, -0.2) is 9.69 Å². The molecule has 0 bridgehead atoms. The first-order chi connectivity index (χ1) is 13.0. The molecular formula is C19H30N2O6. The minimum absolute atomic E-state index is 0.0231. The molecule has 0 radical (unpaired) electrons. The molecule has 5 fully saturated rings. The van der Waals surface area contributed by atoms with Crippen molar-refractivity contribution >= 4 is 18.2 Å². The van der Waals surface area contributed by atoms with Crippen LogP contribution in [-0.2, 0) is 28.6 Å². The van der Waals surface area contributed by atoms with Crippen molar-refractivity contribution in [3.8, 4) is 0 Å². The molecule has 0 saturated carbocycles. The topological polar surface area (TPSA) is 85.4 Å². The summed E-state index contributed by atoms with van der Waals surface area (Å²) in [5, 5.41) is 0. The number of fused-ring (bicyclic) bond motifs is 2.